The number of para-hydroxylation sites is 2. The molecule has 4 rings (SSSR count). The van der Waals surface area contributed by atoms with Gasteiger partial charge in [0.1, 0.15) is 18.2 Å². The zero-order chi connectivity index (χ0) is 19.3. The minimum absolute atomic E-state index is 0.471. The third-order valence-electron chi connectivity index (χ3n) is 4.35. The number of ether oxygens (including phenoxy) is 1. The molecule has 3 aromatic carbocycles. The van der Waals surface area contributed by atoms with E-state index < -0.39 is 0 Å². The molecule has 0 saturated carbocycles. The van der Waals surface area contributed by atoms with E-state index >= 15 is 0 Å². The Morgan fingerprint density at radius 3 is 2.75 bits per heavy atom. The molecule has 0 aliphatic rings. The zero-order valence-electron chi connectivity index (χ0n) is 15.1. The lowest BCUT2D eigenvalue weighted by Crippen LogP contribution is -2.14. The van der Waals surface area contributed by atoms with Gasteiger partial charge in [-0.05, 0) is 48.0 Å². The van der Waals surface area contributed by atoms with Crippen LogP contribution in [0.5, 0.6) is 5.75 Å². The molecule has 0 radical (unpaired) electrons. The van der Waals surface area contributed by atoms with E-state index in [4.69, 9.17) is 16.3 Å². The third kappa shape index (κ3) is 4.73. The molecule has 0 atom stereocenters. The lowest BCUT2D eigenvalue weighted by atomic mass is 10.2. The summed E-state index contributed by atoms with van der Waals surface area (Å²) in [6.45, 7) is 1.79. The molecule has 0 amide bonds. The van der Waals surface area contributed by atoms with E-state index in [1.54, 1.807) is 0 Å². The van der Waals surface area contributed by atoms with E-state index in [1.165, 1.54) is 0 Å². The van der Waals surface area contributed by atoms with Crippen LogP contribution >= 0.6 is 27.5 Å². The first-order chi connectivity index (χ1) is 13.7. The van der Waals surface area contributed by atoms with Gasteiger partial charge in [0.25, 0.3) is 0 Å². The molecule has 0 spiro atoms. The number of aromatic nitrogens is 2. The smallest absolute Gasteiger partial charge is 0.124 e. The van der Waals surface area contributed by atoms with Crippen molar-refractivity contribution in [2.45, 2.75) is 19.7 Å². The summed E-state index contributed by atoms with van der Waals surface area (Å²) < 4.78 is 7.06. The number of imidazole rings is 1. The van der Waals surface area contributed by atoms with E-state index in [0.29, 0.717) is 24.7 Å². The Kier molecular flexibility index (Phi) is 5.95. The summed E-state index contributed by atoms with van der Waals surface area (Å²) in [4.78, 5) is 7.93. The molecule has 6 heteroatoms. The maximum Gasteiger partial charge on any atom is 0.124 e. The number of nitrogens with zero attached hydrogens (tertiary/aromatic N) is 1. The molecule has 1 aromatic heterocycles. The number of halogens is 2. The van der Waals surface area contributed by atoms with Crippen molar-refractivity contribution in [1.29, 1.82) is 0 Å². The first kappa shape index (κ1) is 19.0. The highest BCUT2D eigenvalue weighted by atomic mass is 79.9. The van der Waals surface area contributed by atoms with Gasteiger partial charge >= 0.3 is 0 Å². The average molecular weight is 457 g/mol. The van der Waals surface area contributed by atoms with Gasteiger partial charge in [0.15, 0.2) is 0 Å². The minimum atomic E-state index is 0.471. The SMILES string of the molecule is Clc1cccc(COc2ccc(Br)cc2CNCc2nc3ccccc3[nH]2)c1. The lowest BCUT2D eigenvalue weighted by Gasteiger charge is -2.13. The van der Waals surface area contributed by atoms with Crippen molar-refractivity contribution in [3.8, 4) is 5.75 Å². The summed E-state index contributed by atoms with van der Waals surface area (Å²) in [6.07, 6.45) is 0. The van der Waals surface area contributed by atoms with Gasteiger partial charge < -0.3 is 15.0 Å². The molecular formula is C22H19BrClN3O. The predicted octanol–water partition coefficient (Wildman–Crippen LogP) is 5.85. The molecular weight excluding hydrogens is 438 g/mol. The fraction of sp³-hybridized carbons (Fsp3) is 0.136. The predicted molar refractivity (Wildman–Crippen MR) is 117 cm³/mol. The number of fused-ring (bicyclic) bond motifs is 1. The topological polar surface area (TPSA) is 49.9 Å². The van der Waals surface area contributed by atoms with Gasteiger partial charge in [0.2, 0.25) is 0 Å². The highest BCUT2D eigenvalue weighted by molar-refractivity contribution is 9.10. The average Bonchev–Trinajstić information content (AvgIpc) is 3.10. The van der Waals surface area contributed by atoms with E-state index in [0.717, 1.165) is 38.2 Å². The normalized spacial score (nSPS) is 11.1. The van der Waals surface area contributed by atoms with Crippen molar-refractivity contribution in [1.82, 2.24) is 15.3 Å². The Hall–Kier alpha value is -2.34. The second-order valence-electron chi connectivity index (χ2n) is 6.47. The Balaban J connectivity index is 1.41. The summed E-state index contributed by atoms with van der Waals surface area (Å²) in [7, 11) is 0. The molecule has 0 saturated heterocycles. The first-order valence-corrected chi connectivity index (χ1v) is 10.1. The number of H-pyrrole nitrogens is 1. The number of hydrogen-bond acceptors (Lipinski definition) is 3. The molecule has 0 aliphatic heterocycles. The highest BCUT2D eigenvalue weighted by Crippen LogP contribution is 2.24. The minimum Gasteiger partial charge on any atom is -0.489 e. The summed E-state index contributed by atoms with van der Waals surface area (Å²) in [6, 6.07) is 21.8. The third-order valence-corrected chi connectivity index (χ3v) is 5.08. The van der Waals surface area contributed by atoms with Gasteiger partial charge in [0, 0.05) is 21.6 Å². The largest absolute Gasteiger partial charge is 0.489 e. The monoisotopic (exact) mass is 455 g/mol. The van der Waals surface area contributed by atoms with Crippen molar-refractivity contribution in [3.05, 3.63) is 93.2 Å². The summed E-state index contributed by atoms with van der Waals surface area (Å²) in [5.74, 6) is 1.76. The van der Waals surface area contributed by atoms with Crippen molar-refractivity contribution < 1.29 is 4.74 Å². The Morgan fingerprint density at radius 2 is 1.89 bits per heavy atom. The molecule has 4 aromatic rings. The number of aromatic amines is 1. The van der Waals surface area contributed by atoms with Crippen LogP contribution in [0.2, 0.25) is 5.02 Å². The fourth-order valence-corrected chi connectivity index (χ4v) is 3.64. The Labute approximate surface area is 177 Å². The number of hydrogen-bond donors (Lipinski definition) is 2. The summed E-state index contributed by atoms with van der Waals surface area (Å²) >= 11 is 9.60. The van der Waals surface area contributed by atoms with Crippen LogP contribution in [0.15, 0.2) is 71.2 Å². The van der Waals surface area contributed by atoms with Crippen LogP contribution in [-0.2, 0) is 19.7 Å². The Morgan fingerprint density at radius 1 is 1.00 bits per heavy atom. The van der Waals surface area contributed by atoms with Gasteiger partial charge in [-0.15, -0.1) is 0 Å². The van der Waals surface area contributed by atoms with Gasteiger partial charge in [-0.1, -0.05) is 51.8 Å². The quantitative estimate of drug-likeness (QED) is 0.367. The molecule has 0 unspecified atom stereocenters. The maximum atomic E-state index is 6.05. The molecule has 142 valence electrons. The molecule has 0 aliphatic carbocycles. The van der Waals surface area contributed by atoms with Gasteiger partial charge in [0.05, 0.1) is 17.6 Å². The second-order valence-corrected chi connectivity index (χ2v) is 7.83. The van der Waals surface area contributed by atoms with E-state index in [2.05, 4.69) is 37.3 Å². The van der Waals surface area contributed by atoms with Crippen molar-refractivity contribution >= 4 is 38.6 Å². The van der Waals surface area contributed by atoms with Crippen LogP contribution in [0.25, 0.3) is 11.0 Å². The van der Waals surface area contributed by atoms with E-state index in [9.17, 15) is 0 Å². The van der Waals surface area contributed by atoms with Crippen LogP contribution in [0.1, 0.15) is 17.0 Å². The standard InChI is InChI=1S/C22H19BrClN3O/c23-17-8-9-21(28-14-15-4-3-5-18(24)10-15)16(11-17)12-25-13-22-26-19-6-1-2-7-20(19)27-22/h1-11,25H,12-14H2,(H,26,27). The lowest BCUT2D eigenvalue weighted by molar-refractivity contribution is 0.302. The van der Waals surface area contributed by atoms with Crippen LogP contribution in [0, 0.1) is 0 Å². The molecule has 0 fully saturated rings. The number of rotatable bonds is 7. The zero-order valence-corrected chi connectivity index (χ0v) is 17.4. The van der Waals surface area contributed by atoms with Crippen LogP contribution in [0.3, 0.4) is 0 Å². The van der Waals surface area contributed by atoms with Crippen molar-refractivity contribution in [2.75, 3.05) is 0 Å². The molecule has 28 heavy (non-hydrogen) atoms. The molecule has 4 nitrogen and oxygen atoms in total. The van der Waals surface area contributed by atoms with Gasteiger partial charge in [-0.3, -0.25) is 0 Å². The number of benzene rings is 3. The molecule has 1 heterocycles. The molecule has 2 N–H and O–H groups in total. The second kappa shape index (κ2) is 8.78. The summed E-state index contributed by atoms with van der Waals surface area (Å²) in [5.41, 5.74) is 4.14. The van der Waals surface area contributed by atoms with Crippen molar-refractivity contribution in [2.24, 2.45) is 0 Å². The fourth-order valence-electron chi connectivity index (χ4n) is 3.02. The summed E-state index contributed by atoms with van der Waals surface area (Å²) in [5, 5.41) is 4.15. The van der Waals surface area contributed by atoms with Crippen molar-refractivity contribution in [3.63, 3.8) is 0 Å². The maximum absolute atomic E-state index is 6.05. The van der Waals surface area contributed by atoms with Gasteiger partial charge in [-0.25, -0.2) is 4.98 Å². The van der Waals surface area contributed by atoms with Crippen LogP contribution in [0.4, 0.5) is 0 Å². The van der Waals surface area contributed by atoms with Gasteiger partial charge in [-0.2, -0.15) is 0 Å². The molecule has 0 bridgehead atoms. The van der Waals surface area contributed by atoms with Crippen LogP contribution in [-0.4, -0.2) is 9.97 Å². The van der Waals surface area contributed by atoms with E-state index in [-0.39, 0.29) is 0 Å². The van der Waals surface area contributed by atoms with E-state index in [1.807, 2.05) is 60.7 Å². The first-order valence-electron chi connectivity index (χ1n) is 8.97. The Bertz CT molecular complexity index is 1060. The number of nitrogens with one attached hydrogen (secondary N) is 2. The van der Waals surface area contributed by atoms with Crippen LogP contribution < -0.4 is 10.1 Å². The highest BCUT2D eigenvalue weighted by Gasteiger charge is 2.07.